The summed E-state index contributed by atoms with van der Waals surface area (Å²) in [5.41, 5.74) is -0.121. The van der Waals surface area contributed by atoms with Gasteiger partial charge in [-0.15, -0.1) is 11.8 Å². The zero-order valence-corrected chi connectivity index (χ0v) is 11.0. The molecule has 0 aliphatic carbocycles. The highest BCUT2D eigenvalue weighted by atomic mass is 32.2. The van der Waals surface area contributed by atoms with Crippen molar-refractivity contribution in [2.24, 2.45) is 0 Å². The molecular formula is C13H14FNO3S. The number of rotatable bonds is 3. The Balaban J connectivity index is 2.08. The Labute approximate surface area is 114 Å². The minimum absolute atomic E-state index is 0.105. The molecule has 19 heavy (non-hydrogen) atoms. The highest BCUT2D eigenvalue weighted by molar-refractivity contribution is 8.00. The minimum Gasteiger partial charge on any atom is -0.478 e. The fraction of sp³-hybridized carbons (Fsp3) is 0.385. The van der Waals surface area contributed by atoms with Crippen LogP contribution in [-0.2, 0) is 4.79 Å². The third kappa shape index (κ3) is 3.47. The molecule has 0 radical (unpaired) electrons. The molecule has 1 unspecified atom stereocenters. The van der Waals surface area contributed by atoms with Crippen molar-refractivity contribution in [3.8, 4) is 0 Å². The van der Waals surface area contributed by atoms with E-state index < -0.39 is 17.3 Å². The van der Waals surface area contributed by atoms with Gasteiger partial charge in [-0.2, -0.15) is 0 Å². The molecule has 2 rings (SSSR count). The van der Waals surface area contributed by atoms with E-state index in [0.717, 1.165) is 37.1 Å². The van der Waals surface area contributed by atoms with Crippen molar-refractivity contribution in [1.82, 2.24) is 0 Å². The lowest BCUT2D eigenvalue weighted by Gasteiger charge is -2.20. The van der Waals surface area contributed by atoms with E-state index in [1.54, 1.807) is 11.8 Å². The summed E-state index contributed by atoms with van der Waals surface area (Å²) in [5.74, 6) is -1.34. The van der Waals surface area contributed by atoms with Crippen LogP contribution < -0.4 is 5.32 Å². The van der Waals surface area contributed by atoms with Gasteiger partial charge in [0.05, 0.1) is 10.8 Å². The molecule has 0 spiro atoms. The number of aromatic carboxylic acids is 1. The van der Waals surface area contributed by atoms with Crippen molar-refractivity contribution < 1.29 is 19.1 Å². The topological polar surface area (TPSA) is 66.4 Å². The van der Waals surface area contributed by atoms with Crippen molar-refractivity contribution in [3.63, 3.8) is 0 Å². The van der Waals surface area contributed by atoms with Crippen LogP contribution in [0.25, 0.3) is 0 Å². The lowest BCUT2D eigenvalue weighted by atomic mass is 10.1. The van der Waals surface area contributed by atoms with E-state index in [1.807, 2.05) is 0 Å². The first kappa shape index (κ1) is 13.9. The summed E-state index contributed by atoms with van der Waals surface area (Å²) < 4.78 is 13.2. The molecule has 1 fully saturated rings. The zero-order valence-electron chi connectivity index (χ0n) is 10.2. The number of carboxylic acids is 1. The lowest BCUT2D eigenvalue weighted by molar-refractivity contribution is -0.115. The maximum absolute atomic E-state index is 13.2. The van der Waals surface area contributed by atoms with Gasteiger partial charge in [0, 0.05) is 5.69 Å². The van der Waals surface area contributed by atoms with Crippen LogP contribution in [0.1, 0.15) is 29.6 Å². The summed E-state index contributed by atoms with van der Waals surface area (Å²) in [6.07, 6.45) is 2.96. The Morgan fingerprint density at radius 2 is 2.16 bits per heavy atom. The molecule has 1 atom stereocenters. The first-order valence-corrected chi connectivity index (χ1v) is 7.08. The molecule has 102 valence electrons. The third-order valence-electron chi connectivity index (χ3n) is 2.94. The maximum Gasteiger partial charge on any atom is 0.338 e. The largest absolute Gasteiger partial charge is 0.478 e. The van der Waals surface area contributed by atoms with Crippen LogP contribution in [0, 0.1) is 5.82 Å². The number of benzene rings is 1. The Kier molecular flexibility index (Phi) is 4.42. The van der Waals surface area contributed by atoms with Crippen LogP contribution >= 0.6 is 11.8 Å². The molecule has 1 saturated heterocycles. The van der Waals surface area contributed by atoms with Gasteiger partial charge in [0.25, 0.3) is 0 Å². The number of nitrogens with one attached hydrogen (secondary N) is 1. The fourth-order valence-electron chi connectivity index (χ4n) is 1.94. The van der Waals surface area contributed by atoms with Crippen LogP contribution in [-0.4, -0.2) is 28.0 Å². The second-order valence-electron chi connectivity index (χ2n) is 4.34. The monoisotopic (exact) mass is 283 g/mol. The van der Waals surface area contributed by atoms with Crippen LogP contribution in [0.5, 0.6) is 0 Å². The van der Waals surface area contributed by atoms with Gasteiger partial charge in [-0.05, 0) is 36.8 Å². The lowest BCUT2D eigenvalue weighted by Crippen LogP contribution is -2.27. The summed E-state index contributed by atoms with van der Waals surface area (Å²) in [4.78, 5) is 22.8. The molecule has 1 aromatic carbocycles. The van der Waals surface area contributed by atoms with Crippen molar-refractivity contribution in [1.29, 1.82) is 0 Å². The summed E-state index contributed by atoms with van der Waals surface area (Å²) in [6, 6.07) is 3.56. The van der Waals surface area contributed by atoms with Gasteiger partial charge in [-0.3, -0.25) is 4.79 Å². The molecule has 1 heterocycles. The van der Waals surface area contributed by atoms with Gasteiger partial charge < -0.3 is 10.4 Å². The standard InChI is InChI=1S/C13H14FNO3S/c14-10-5-4-8(7-9(10)13(17)18)15-12(16)11-3-1-2-6-19-11/h4-5,7,11H,1-3,6H2,(H,15,16)(H,17,18). The minimum atomic E-state index is -1.35. The molecule has 6 heteroatoms. The van der Waals surface area contributed by atoms with Gasteiger partial charge >= 0.3 is 5.97 Å². The Morgan fingerprint density at radius 1 is 1.37 bits per heavy atom. The summed E-state index contributed by atoms with van der Waals surface area (Å²) in [6.45, 7) is 0. The van der Waals surface area contributed by atoms with Gasteiger partial charge in [0.2, 0.25) is 5.91 Å². The number of amides is 1. The van der Waals surface area contributed by atoms with Crippen molar-refractivity contribution >= 4 is 29.3 Å². The smallest absolute Gasteiger partial charge is 0.338 e. The number of carboxylic acid groups (broad SMARTS) is 1. The second-order valence-corrected chi connectivity index (χ2v) is 5.65. The number of anilines is 1. The Bertz CT molecular complexity index is 501. The molecule has 0 saturated carbocycles. The number of hydrogen-bond acceptors (Lipinski definition) is 3. The quantitative estimate of drug-likeness (QED) is 0.895. The number of hydrogen-bond donors (Lipinski definition) is 2. The van der Waals surface area contributed by atoms with Crippen molar-refractivity contribution in [2.75, 3.05) is 11.1 Å². The van der Waals surface area contributed by atoms with E-state index in [2.05, 4.69) is 5.32 Å². The molecule has 1 amide bonds. The molecule has 1 aliphatic heterocycles. The predicted molar refractivity (Wildman–Crippen MR) is 72.1 cm³/mol. The summed E-state index contributed by atoms with van der Waals surface area (Å²) in [5, 5.41) is 11.4. The summed E-state index contributed by atoms with van der Waals surface area (Å²) in [7, 11) is 0. The normalized spacial score (nSPS) is 18.9. The SMILES string of the molecule is O=C(O)c1cc(NC(=O)C2CCCCS2)ccc1F. The van der Waals surface area contributed by atoms with Gasteiger partial charge in [0.15, 0.2) is 0 Å². The molecule has 2 N–H and O–H groups in total. The Hall–Kier alpha value is -1.56. The fourth-order valence-corrected chi connectivity index (χ4v) is 3.14. The molecular weight excluding hydrogens is 269 g/mol. The van der Waals surface area contributed by atoms with E-state index in [-0.39, 0.29) is 11.2 Å². The zero-order chi connectivity index (χ0) is 13.8. The van der Waals surface area contributed by atoms with Crippen molar-refractivity contribution in [3.05, 3.63) is 29.6 Å². The van der Waals surface area contributed by atoms with E-state index >= 15 is 0 Å². The van der Waals surface area contributed by atoms with Gasteiger partial charge in [-0.1, -0.05) is 6.42 Å². The maximum atomic E-state index is 13.2. The Morgan fingerprint density at radius 3 is 2.79 bits per heavy atom. The van der Waals surface area contributed by atoms with E-state index in [1.165, 1.54) is 6.07 Å². The number of halogens is 1. The first-order valence-electron chi connectivity index (χ1n) is 6.03. The first-order chi connectivity index (χ1) is 9.08. The summed E-state index contributed by atoms with van der Waals surface area (Å²) >= 11 is 1.60. The predicted octanol–water partition coefficient (Wildman–Crippen LogP) is 2.75. The highest BCUT2D eigenvalue weighted by Crippen LogP contribution is 2.26. The molecule has 0 bridgehead atoms. The van der Waals surface area contributed by atoms with Crippen LogP contribution in [0.2, 0.25) is 0 Å². The number of carbonyl (C=O) groups excluding carboxylic acids is 1. The van der Waals surface area contributed by atoms with E-state index in [9.17, 15) is 14.0 Å². The van der Waals surface area contributed by atoms with E-state index in [4.69, 9.17) is 5.11 Å². The highest BCUT2D eigenvalue weighted by Gasteiger charge is 2.22. The van der Waals surface area contributed by atoms with Gasteiger partial charge in [-0.25, -0.2) is 9.18 Å². The van der Waals surface area contributed by atoms with Crippen LogP contribution in [0.3, 0.4) is 0 Å². The molecule has 0 aromatic heterocycles. The number of thioether (sulfide) groups is 1. The van der Waals surface area contributed by atoms with Crippen molar-refractivity contribution in [2.45, 2.75) is 24.5 Å². The average Bonchev–Trinajstić information content (AvgIpc) is 2.41. The second kappa shape index (κ2) is 6.06. The molecule has 1 aliphatic rings. The van der Waals surface area contributed by atoms with Crippen LogP contribution in [0.15, 0.2) is 18.2 Å². The average molecular weight is 283 g/mol. The molecule has 1 aromatic rings. The van der Waals surface area contributed by atoms with E-state index in [0.29, 0.717) is 5.69 Å². The third-order valence-corrected chi connectivity index (χ3v) is 4.31. The number of carbonyl (C=O) groups is 2. The van der Waals surface area contributed by atoms with Crippen LogP contribution in [0.4, 0.5) is 10.1 Å². The molecule has 4 nitrogen and oxygen atoms in total. The van der Waals surface area contributed by atoms with Gasteiger partial charge in [0.1, 0.15) is 5.82 Å².